The Labute approximate surface area is 232 Å². The molecule has 4 rings (SSSR count). The van der Waals surface area contributed by atoms with Gasteiger partial charge in [0.05, 0.1) is 12.2 Å². The minimum absolute atomic E-state index is 0.0698. The fourth-order valence-electron chi connectivity index (χ4n) is 4.20. The van der Waals surface area contributed by atoms with E-state index in [-0.39, 0.29) is 25.5 Å². The molecule has 1 aliphatic rings. The number of nitrogens with zero attached hydrogens (tertiary/aromatic N) is 1. The highest BCUT2D eigenvalue weighted by Gasteiger charge is 2.42. The van der Waals surface area contributed by atoms with Crippen LogP contribution in [0.4, 0.5) is 14.0 Å². The van der Waals surface area contributed by atoms with E-state index in [0.29, 0.717) is 22.6 Å². The minimum atomic E-state index is -1.64. The summed E-state index contributed by atoms with van der Waals surface area (Å²) in [5, 5.41) is 16.9. The highest BCUT2D eigenvalue weighted by atomic mass is 19.1. The summed E-state index contributed by atoms with van der Waals surface area (Å²) in [7, 11) is 0. The fraction of sp³-hybridized carbons (Fsp3) is 0.367. The van der Waals surface area contributed by atoms with Gasteiger partial charge in [0.1, 0.15) is 41.5 Å². The number of halogens is 1. The zero-order valence-electron chi connectivity index (χ0n) is 23.2. The summed E-state index contributed by atoms with van der Waals surface area (Å²) in [6.45, 7) is 8.43. The van der Waals surface area contributed by atoms with Crippen LogP contribution in [0.2, 0.25) is 0 Å². The van der Waals surface area contributed by atoms with Crippen LogP contribution in [0, 0.1) is 5.82 Å². The fourth-order valence-corrected chi connectivity index (χ4v) is 4.20. The van der Waals surface area contributed by atoms with Crippen LogP contribution in [0.1, 0.15) is 51.4 Å². The van der Waals surface area contributed by atoms with Crippen LogP contribution >= 0.6 is 0 Å². The lowest BCUT2D eigenvalue weighted by Crippen LogP contribution is -2.45. The topological polar surface area (TPSA) is 119 Å². The summed E-state index contributed by atoms with van der Waals surface area (Å²) in [6.07, 6.45) is -1.34. The molecule has 1 aliphatic heterocycles. The average molecular weight is 552 g/mol. The molecular formula is C30H34FN3O6. The number of hydrogen-bond donors (Lipinski definition) is 3. The molecule has 2 amide bonds. The predicted octanol–water partition coefficient (Wildman–Crippen LogP) is 5.15. The smallest absolute Gasteiger partial charge is 0.408 e. The van der Waals surface area contributed by atoms with Crippen LogP contribution in [0.5, 0.6) is 5.75 Å². The summed E-state index contributed by atoms with van der Waals surface area (Å²) in [5.74, 6) is -0.0317. The predicted molar refractivity (Wildman–Crippen MR) is 146 cm³/mol. The van der Waals surface area contributed by atoms with Crippen LogP contribution < -0.4 is 15.4 Å². The Morgan fingerprint density at radius 1 is 1.07 bits per heavy atom. The van der Waals surface area contributed by atoms with Crippen molar-refractivity contribution in [2.75, 3.05) is 13.2 Å². The summed E-state index contributed by atoms with van der Waals surface area (Å²) in [6, 6.07) is 16.6. The molecule has 2 atom stereocenters. The van der Waals surface area contributed by atoms with Crippen molar-refractivity contribution in [3.63, 3.8) is 0 Å². The highest BCUT2D eigenvalue weighted by molar-refractivity contribution is 5.74. The number of ether oxygens (including phenoxy) is 3. The lowest BCUT2D eigenvalue weighted by Gasteiger charge is -2.28. The number of aliphatic hydroxyl groups is 1. The summed E-state index contributed by atoms with van der Waals surface area (Å²) >= 11 is 0. The number of nitrogens with one attached hydrogen (secondary N) is 2. The Bertz CT molecular complexity index is 1370. The van der Waals surface area contributed by atoms with E-state index in [9.17, 15) is 19.1 Å². The molecule has 0 fully saturated rings. The summed E-state index contributed by atoms with van der Waals surface area (Å²) in [5.41, 5.74) is -0.896. The van der Waals surface area contributed by atoms with Crippen LogP contribution in [0.3, 0.4) is 0 Å². The monoisotopic (exact) mass is 551 g/mol. The van der Waals surface area contributed by atoms with E-state index in [0.717, 1.165) is 5.56 Å². The number of alkyl carbamates (subject to hydrolysis) is 2. The molecule has 40 heavy (non-hydrogen) atoms. The molecule has 3 N–H and O–H groups in total. The van der Waals surface area contributed by atoms with Crippen LogP contribution in [0.15, 0.2) is 60.7 Å². The van der Waals surface area contributed by atoms with Crippen molar-refractivity contribution in [1.82, 2.24) is 15.6 Å². The second-order valence-electron chi connectivity index (χ2n) is 11.2. The van der Waals surface area contributed by atoms with Gasteiger partial charge < -0.3 is 30.0 Å². The van der Waals surface area contributed by atoms with E-state index in [2.05, 4.69) is 15.6 Å². The minimum Gasteiger partial charge on any atom is -0.488 e. The number of amides is 2. The highest BCUT2D eigenvalue weighted by Crippen LogP contribution is 2.44. The van der Waals surface area contributed by atoms with Gasteiger partial charge in [-0.2, -0.15) is 0 Å². The van der Waals surface area contributed by atoms with Gasteiger partial charge in [-0.1, -0.05) is 30.3 Å². The van der Waals surface area contributed by atoms with Gasteiger partial charge in [-0.05, 0) is 70.5 Å². The number of carbonyl (C=O) groups is 2. The first-order chi connectivity index (χ1) is 18.8. The van der Waals surface area contributed by atoms with E-state index in [4.69, 9.17) is 14.2 Å². The maximum absolute atomic E-state index is 13.7. The Kier molecular flexibility index (Phi) is 8.02. The third kappa shape index (κ3) is 6.87. The Morgan fingerprint density at radius 3 is 2.40 bits per heavy atom. The molecule has 0 radical (unpaired) electrons. The molecule has 0 saturated heterocycles. The molecule has 3 aromatic rings. The summed E-state index contributed by atoms with van der Waals surface area (Å²) in [4.78, 5) is 29.7. The van der Waals surface area contributed by atoms with Gasteiger partial charge in [0.15, 0.2) is 5.75 Å². The lowest BCUT2D eigenvalue weighted by atomic mass is 9.89. The SMILES string of the molecule is CC(C)(C)OC(=O)NCC(C)(O)c1cc2c(c(-c3ccc(F)cc3)n1)OCC2(C)NC(=O)OCc1ccccc1. The first-order valence-electron chi connectivity index (χ1n) is 12.9. The lowest BCUT2D eigenvalue weighted by molar-refractivity contribution is 0.0297. The van der Waals surface area contributed by atoms with Crippen molar-refractivity contribution in [3.05, 3.63) is 83.3 Å². The second kappa shape index (κ2) is 11.1. The van der Waals surface area contributed by atoms with Crippen molar-refractivity contribution in [2.24, 2.45) is 0 Å². The molecule has 0 bridgehead atoms. The van der Waals surface area contributed by atoms with E-state index < -0.39 is 34.7 Å². The quantitative estimate of drug-likeness (QED) is 0.371. The van der Waals surface area contributed by atoms with E-state index in [1.807, 2.05) is 30.3 Å². The standard InChI is InChI=1S/C30H34FN3O6/c1-28(2,3)40-26(35)32-17-30(5,37)23-15-22-25(24(33-23)20-11-13-21(31)14-12-20)39-18-29(22,4)34-27(36)38-16-19-9-7-6-8-10-19/h6-15,37H,16-18H2,1-5H3,(H,32,35)(H,34,36). The largest absolute Gasteiger partial charge is 0.488 e. The number of fused-ring (bicyclic) bond motifs is 1. The Balaban J connectivity index is 1.64. The van der Waals surface area contributed by atoms with E-state index >= 15 is 0 Å². The molecule has 0 spiro atoms. The molecule has 0 aliphatic carbocycles. The zero-order chi connectivity index (χ0) is 29.1. The molecule has 2 aromatic carbocycles. The molecule has 2 heterocycles. The molecule has 212 valence electrons. The van der Waals surface area contributed by atoms with Gasteiger partial charge >= 0.3 is 12.2 Å². The number of hydrogen-bond acceptors (Lipinski definition) is 7. The van der Waals surface area contributed by atoms with E-state index in [1.165, 1.54) is 19.1 Å². The van der Waals surface area contributed by atoms with E-state index in [1.54, 1.807) is 45.9 Å². The molecule has 9 nitrogen and oxygen atoms in total. The first-order valence-corrected chi connectivity index (χ1v) is 12.9. The number of benzene rings is 2. The Hall–Kier alpha value is -4.18. The number of carbonyl (C=O) groups excluding carboxylic acids is 2. The first kappa shape index (κ1) is 28.8. The number of rotatable bonds is 7. The van der Waals surface area contributed by atoms with Gasteiger partial charge in [0.2, 0.25) is 0 Å². The third-order valence-electron chi connectivity index (χ3n) is 6.31. The molecule has 0 saturated carbocycles. The summed E-state index contributed by atoms with van der Waals surface area (Å²) < 4.78 is 30.4. The van der Waals surface area contributed by atoms with Gasteiger partial charge in [0.25, 0.3) is 0 Å². The third-order valence-corrected chi connectivity index (χ3v) is 6.31. The maximum atomic E-state index is 13.7. The molecular weight excluding hydrogens is 517 g/mol. The van der Waals surface area contributed by atoms with Crippen molar-refractivity contribution in [2.45, 2.75) is 58.0 Å². The maximum Gasteiger partial charge on any atom is 0.408 e. The Morgan fingerprint density at radius 2 is 1.75 bits per heavy atom. The molecule has 2 unspecified atom stereocenters. The number of aromatic nitrogens is 1. The molecule has 1 aromatic heterocycles. The van der Waals surface area contributed by atoms with Crippen LogP contribution in [0.25, 0.3) is 11.3 Å². The van der Waals surface area contributed by atoms with Gasteiger partial charge in [0, 0.05) is 11.1 Å². The molecule has 10 heteroatoms. The van der Waals surface area contributed by atoms with Crippen molar-refractivity contribution in [3.8, 4) is 17.0 Å². The number of pyridine rings is 1. The van der Waals surface area contributed by atoms with Crippen LogP contribution in [-0.4, -0.2) is 41.0 Å². The van der Waals surface area contributed by atoms with Crippen molar-refractivity contribution in [1.29, 1.82) is 0 Å². The normalized spacial score (nSPS) is 17.7. The zero-order valence-corrected chi connectivity index (χ0v) is 23.2. The van der Waals surface area contributed by atoms with Crippen molar-refractivity contribution < 1.29 is 33.3 Å². The second-order valence-corrected chi connectivity index (χ2v) is 11.2. The average Bonchev–Trinajstić information content (AvgIpc) is 3.22. The van der Waals surface area contributed by atoms with Crippen LogP contribution in [-0.2, 0) is 27.2 Å². The van der Waals surface area contributed by atoms with Gasteiger partial charge in [-0.15, -0.1) is 0 Å². The van der Waals surface area contributed by atoms with Gasteiger partial charge in [-0.25, -0.2) is 19.0 Å². The van der Waals surface area contributed by atoms with Crippen molar-refractivity contribution >= 4 is 12.2 Å². The van der Waals surface area contributed by atoms with Gasteiger partial charge in [-0.3, -0.25) is 0 Å².